The normalized spacial score (nSPS) is 25.4. The van der Waals surface area contributed by atoms with Crippen LogP contribution in [-0.2, 0) is 0 Å². The Morgan fingerprint density at radius 1 is 1.64 bits per heavy atom. The van der Waals surface area contributed by atoms with Crippen molar-refractivity contribution in [2.24, 2.45) is 5.41 Å². The highest BCUT2D eigenvalue weighted by atomic mass is 32.1. The van der Waals surface area contributed by atoms with Gasteiger partial charge in [-0.15, -0.1) is 0 Å². The molecular formula is C9H16N4S. The van der Waals surface area contributed by atoms with Gasteiger partial charge in [-0.1, -0.05) is 20.3 Å². The summed E-state index contributed by atoms with van der Waals surface area (Å²) in [5, 5.41) is 6.96. The van der Waals surface area contributed by atoms with Crippen molar-refractivity contribution in [3.05, 3.63) is 10.6 Å². The molecule has 1 aliphatic carbocycles. The summed E-state index contributed by atoms with van der Waals surface area (Å²) in [6.45, 7) is 4.53. The van der Waals surface area contributed by atoms with Gasteiger partial charge in [0, 0.05) is 5.92 Å². The summed E-state index contributed by atoms with van der Waals surface area (Å²) in [4.78, 5) is 0. The number of nitrogen functional groups attached to an aromatic ring is 1. The Morgan fingerprint density at radius 2 is 2.36 bits per heavy atom. The number of H-pyrrole nitrogens is 1. The minimum Gasteiger partial charge on any atom is -0.335 e. The van der Waals surface area contributed by atoms with Crippen molar-refractivity contribution in [2.75, 3.05) is 5.84 Å². The Kier molecular flexibility index (Phi) is 2.14. The van der Waals surface area contributed by atoms with Gasteiger partial charge in [-0.3, -0.25) is 5.10 Å². The first-order chi connectivity index (χ1) is 6.52. The van der Waals surface area contributed by atoms with Crippen LogP contribution < -0.4 is 5.84 Å². The molecule has 1 unspecified atom stereocenters. The molecule has 4 nitrogen and oxygen atoms in total. The lowest BCUT2D eigenvalue weighted by Crippen LogP contribution is -2.23. The summed E-state index contributed by atoms with van der Waals surface area (Å²) in [5.74, 6) is 7.15. The monoisotopic (exact) mass is 212 g/mol. The molecule has 0 radical (unpaired) electrons. The van der Waals surface area contributed by atoms with Gasteiger partial charge in [-0.05, 0) is 30.5 Å². The molecular weight excluding hydrogens is 196 g/mol. The average Bonchev–Trinajstić information content (AvgIpc) is 2.59. The molecule has 0 aliphatic heterocycles. The van der Waals surface area contributed by atoms with Crippen LogP contribution in [0.15, 0.2) is 0 Å². The van der Waals surface area contributed by atoms with Crippen LogP contribution in [-0.4, -0.2) is 14.9 Å². The zero-order chi connectivity index (χ0) is 10.3. The molecule has 1 aromatic rings. The molecule has 0 aromatic carbocycles. The summed E-state index contributed by atoms with van der Waals surface area (Å²) < 4.78 is 2.01. The fourth-order valence-electron chi connectivity index (χ4n) is 2.37. The number of hydrogen-bond acceptors (Lipinski definition) is 3. The second-order valence-electron chi connectivity index (χ2n) is 4.69. The number of nitrogens with one attached hydrogen (secondary N) is 1. The molecule has 1 aromatic heterocycles. The van der Waals surface area contributed by atoms with Gasteiger partial charge >= 0.3 is 0 Å². The highest BCUT2D eigenvalue weighted by Crippen LogP contribution is 2.47. The van der Waals surface area contributed by atoms with Gasteiger partial charge in [0.25, 0.3) is 0 Å². The molecule has 78 valence electrons. The minimum absolute atomic E-state index is 0.290. The average molecular weight is 212 g/mol. The van der Waals surface area contributed by atoms with Crippen molar-refractivity contribution in [1.82, 2.24) is 14.9 Å². The van der Waals surface area contributed by atoms with Crippen molar-refractivity contribution >= 4 is 12.2 Å². The predicted molar refractivity (Wildman–Crippen MR) is 57.9 cm³/mol. The van der Waals surface area contributed by atoms with Gasteiger partial charge in [0.15, 0.2) is 5.82 Å². The number of aromatic nitrogens is 3. The van der Waals surface area contributed by atoms with E-state index in [1.807, 2.05) is 0 Å². The molecule has 0 spiro atoms. The van der Waals surface area contributed by atoms with Crippen LogP contribution >= 0.6 is 12.2 Å². The summed E-state index contributed by atoms with van der Waals surface area (Å²) in [6, 6.07) is 0. The summed E-state index contributed by atoms with van der Waals surface area (Å²) in [6.07, 6.45) is 3.64. The zero-order valence-electron chi connectivity index (χ0n) is 8.58. The van der Waals surface area contributed by atoms with E-state index in [9.17, 15) is 0 Å². The predicted octanol–water partition coefficient (Wildman–Crippen LogP) is 1.95. The lowest BCUT2D eigenvalue weighted by molar-refractivity contribution is 0.318. The van der Waals surface area contributed by atoms with Gasteiger partial charge in [0.2, 0.25) is 4.77 Å². The van der Waals surface area contributed by atoms with E-state index in [0.717, 1.165) is 12.2 Å². The molecule has 1 fully saturated rings. The van der Waals surface area contributed by atoms with E-state index < -0.39 is 0 Å². The van der Waals surface area contributed by atoms with Gasteiger partial charge in [-0.25, -0.2) is 4.68 Å². The van der Waals surface area contributed by atoms with E-state index in [2.05, 4.69) is 24.0 Å². The first-order valence-corrected chi connectivity index (χ1v) is 5.35. The fourth-order valence-corrected chi connectivity index (χ4v) is 2.51. The van der Waals surface area contributed by atoms with Crippen molar-refractivity contribution in [3.63, 3.8) is 0 Å². The Labute approximate surface area is 88.5 Å². The maximum atomic E-state index is 5.82. The second kappa shape index (κ2) is 3.08. The molecule has 1 heterocycles. The van der Waals surface area contributed by atoms with E-state index in [-0.39, 0.29) is 5.41 Å². The van der Waals surface area contributed by atoms with Crippen LogP contribution in [0.1, 0.15) is 44.9 Å². The molecule has 14 heavy (non-hydrogen) atoms. The third kappa shape index (κ3) is 1.35. The third-order valence-corrected chi connectivity index (χ3v) is 3.59. The highest BCUT2D eigenvalue weighted by Gasteiger charge is 2.38. The number of rotatable bonds is 1. The Bertz CT molecular complexity index is 390. The van der Waals surface area contributed by atoms with Crippen LogP contribution in [0, 0.1) is 10.2 Å². The van der Waals surface area contributed by atoms with Crippen LogP contribution in [0.5, 0.6) is 0 Å². The molecule has 0 bridgehead atoms. The molecule has 1 saturated carbocycles. The molecule has 3 N–H and O–H groups in total. The maximum Gasteiger partial charge on any atom is 0.214 e. The van der Waals surface area contributed by atoms with Crippen LogP contribution in [0.2, 0.25) is 0 Å². The number of nitrogens with zero attached hydrogens (tertiary/aromatic N) is 2. The highest BCUT2D eigenvalue weighted by molar-refractivity contribution is 7.71. The van der Waals surface area contributed by atoms with Gasteiger partial charge in [0.05, 0.1) is 0 Å². The van der Waals surface area contributed by atoms with Crippen LogP contribution in [0.4, 0.5) is 0 Å². The number of aromatic amines is 1. The second-order valence-corrected chi connectivity index (χ2v) is 5.08. The quantitative estimate of drug-likeness (QED) is 0.552. The molecule has 5 heteroatoms. The lowest BCUT2D eigenvalue weighted by Gasteiger charge is -2.25. The topological polar surface area (TPSA) is 59.6 Å². The minimum atomic E-state index is 0.290. The lowest BCUT2D eigenvalue weighted by atomic mass is 9.81. The fraction of sp³-hybridized carbons (Fsp3) is 0.778. The van der Waals surface area contributed by atoms with Crippen molar-refractivity contribution < 1.29 is 0 Å². The molecule has 1 aliphatic rings. The number of hydrogen-bond donors (Lipinski definition) is 2. The molecule has 2 rings (SSSR count). The first-order valence-electron chi connectivity index (χ1n) is 4.95. The number of nitrogens with two attached hydrogens (primary N) is 1. The van der Waals surface area contributed by atoms with Crippen molar-refractivity contribution in [3.8, 4) is 0 Å². The Balaban J connectivity index is 2.40. The zero-order valence-corrected chi connectivity index (χ0v) is 9.40. The van der Waals surface area contributed by atoms with E-state index in [0.29, 0.717) is 10.7 Å². The Hall–Kier alpha value is -0.840. The van der Waals surface area contributed by atoms with E-state index >= 15 is 0 Å². The maximum absolute atomic E-state index is 5.82. The smallest absolute Gasteiger partial charge is 0.214 e. The standard InChI is InChI=1S/C9H16N4S/c1-9(2)5-3-4-6(9)7-11-12-8(14)13(7)10/h6H,3-5,10H2,1-2H3,(H,12,14). The van der Waals surface area contributed by atoms with Crippen molar-refractivity contribution in [2.45, 2.75) is 39.0 Å². The van der Waals surface area contributed by atoms with E-state index in [1.54, 1.807) is 0 Å². The van der Waals surface area contributed by atoms with E-state index in [4.69, 9.17) is 18.1 Å². The largest absolute Gasteiger partial charge is 0.335 e. The van der Waals surface area contributed by atoms with Gasteiger partial charge in [0.1, 0.15) is 0 Å². The SMILES string of the molecule is CC1(C)CCCC1c1n[nH]c(=S)n1N. The van der Waals surface area contributed by atoms with Crippen LogP contribution in [0.3, 0.4) is 0 Å². The molecule has 0 saturated heterocycles. The molecule has 0 amide bonds. The van der Waals surface area contributed by atoms with Crippen molar-refractivity contribution in [1.29, 1.82) is 0 Å². The summed E-state index contributed by atoms with van der Waals surface area (Å²) >= 11 is 5.00. The molecule has 1 atom stereocenters. The van der Waals surface area contributed by atoms with Gasteiger partial charge < -0.3 is 5.84 Å². The van der Waals surface area contributed by atoms with Crippen LogP contribution in [0.25, 0.3) is 0 Å². The first kappa shape index (κ1) is 9.71. The third-order valence-electron chi connectivity index (χ3n) is 3.30. The summed E-state index contributed by atoms with van der Waals surface area (Å²) in [7, 11) is 0. The van der Waals surface area contributed by atoms with E-state index in [1.165, 1.54) is 17.5 Å². The summed E-state index contributed by atoms with van der Waals surface area (Å²) in [5.41, 5.74) is 0.290. The van der Waals surface area contributed by atoms with Gasteiger partial charge in [-0.2, -0.15) is 5.10 Å². The Morgan fingerprint density at radius 3 is 2.79 bits per heavy atom.